The Labute approximate surface area is 133 Å². The van der Waals surface area contributed by atoms with Crippen LogP contribution < -0.4 is 10.6 Å². The van der Waals surface area contributed by atoms with Crippen molar-refractivity contribution in [3.8, 4) is 0 Å². The molecule has 3 N–H and O–H groups in total. The molecule has 3 rings (SSSR count). The van der Waals surface area contributed by atoms with Crippen molar-refractivity contribution in [1.29, 1.82) is 0 Å². The third-order valence-corrected chi connectivity index (χ3v) is 3.45. The highest BCUT2D eigenvalue weighted by Crippen LogP contribution is 2.23. The number of carboxylic acid groups (broad SMARTS) is 1. The molecular formula is C16H17N5O2. The number of hydrogen-bond acceptors (Lipinski definition) is 5. The van der Waals surface area contributed by atoms with Gasteiger partial charge in [-0.1, -0.05) is 6.07 Å². The van der Waals surface area contributed by atoms with Crippen LogP contribution in [0, 0.1) is 13.8 Å². The third kappa shape index (κ3) is 2.80. The summed E-state index contributed by atoms with van der Waals surface area (Å²) >= 11 is 0. The Hall–Kier alpha value is -3.09. The lowest BCUT2D eigenvalue weighted by Crippen LogP contribution is -2.08. The molecule has 7 heteroatoms. The second-order valence-corrected chi connectivity index (χ2v) is 5.38. The molecule has 0 amide bonds. The number of anilines is 3. The largest absolute Gasteiger partial charge is 0.476 e. The number of fused-ring (bicyclic) bond motifs is 1. The number of hydrogen-bond donors (Lipinski definition) is 3. The molecule has 7 nitrogen and oxygen atoms in total. The Morgan fingerprint density at radius 1 is 1.17 bits per heavy atom. The molecule has 0 aliphatic heterocycles. The lowest BCUT2D eigenvalue weighted by atomic mass is 10.1. The summed E-state index contributed by atoms with van der Waals surface area (Å²) in [4.78, 5) is 15.4. The van der Waals surface area contributed by atoms with Crippen LogP contribution in [0.15, 0.2) is 30.5 Å². The molecule has 0 saturated heterocycles. The Bertz CT molecular complexity index is 881. The van der Waals surface area contributed by atoms with Gasteiger partial charge in [0.15, 0.2) is 17.2 Å². The van der Waals surface area contributed by atoms with E-state index in [9.17, 15) is 9.90 Å². The normalized spacial score (nSPS) is 10.7. The van der Waals surface area contributed by atoms with Gasteiger partial charge in [0.05, 0.1) is 11.9 Å². The van der Waals surface area contributed by atoms with Gasteiger partial charge in [-0.25, -0.2) is 14.3 Å². The van der Waals surface area contributed by atoms with Gasteiger partial charge < -0.3 is 15.7 Å². The minimum Gasteiger partial charge on any atom is -0.476 e. The van der Waals surface area contributed by atoms with E-state index in [4.69, 9.17) is 0 Å². The van der Waals surface area contributed by atoms with E-state index < -0.39 is 5.97 Å². The zero-order valence-electron chi connectivity index (χ0n) is 13.1. The monoisotopic (exact) mass is 311 g/mol. The van der Waals surface area contributed by atoms with E-state index in [-0.39, 0.29) is 5.69 Å². The van der Waals surface area contributed by atoms with Crippen molar-refractivity contribution in [2.75, 3.05) is 17.7 Å². The van der Waals surface area contributed by atoms with Crippen molar-refractivity contribution in [2.24, 2.45) is 0 Å². The molecule has 1 aromatic carbocycles. The number of carboxylic acids is 1. The average molecular weight is 311 g/mol. The van der Waals surface area contributed by atoms with Crippen LogP contribution in [0.2, 0.25) is 0 Å². The summed E-state index contributed by atoms with van der Waals surface area (Å²) in [6, 6.07) is 7.89. The predicted molar refractivity (Wildman–Crippen MR) is 88.7 cm³/mol. The molecule has 0 unspecified atom stereocenters. The molecule has 3 aromatic rings. The molecule has 0 saturated carbocycles. The number of aromatic carboxylic acids is 1. The number of imidazole rings is 1. The summed E-state index contributed by atoms with van der Waals surface area (Å²) in [6.07, 6.45) is 1.30. The maximum absolute atomic E-state index is 11.3. The van der Waals surface area contributed by atoms with Crippen LogP contribution in [0.1, 0.15) is 21.6 Å². The molecular weight excluding hydrogens is 294 g/mol. The first-order valence-corrected chi connectivity index (χ1v) is 7.13. The van der Waals surface area contributed by atoms with Gasteiger partial charge in [-0.15, -0.1) is 5.10 Å². The van der Waals surface area contributed by atoms with E-state index in [1.54, 1.807) is 13.1 Å². The third-order valence-electron chi connectivity index (χ3n) is 3.45. The van der Waals surface area contributed by atoms with Crippen LogP contribution in [-0.4, -0.2) is 32.7 Å². The van der Waals surface area contributed by atoms with E-state index in [1.165, 1.54) is 10.7 Å². The smallest absolute Gasteiger partial charge is 0.356 e. The maximum atomic E-state index is 11.3. The van der Waals surface area contributed by atoms with Gasteiger partial charge in [-0.3, -0.25) is 0 Å². The summed E-state index contributed by atoms with van der Waals surface area (Å²) in [7, 11) is 1.76. The van der Waals surface area contributed by atoms with Gasteiger partial charge in [0.25, 0.3) is 0 Å². The van der Waals surface area contributed by atoms with Crippen LogP contribution in [0.3, 0.4) is 0 Å². The van der Waals surface area contributed by atoms with Crippen LogP contribution in [0.5, 0.6) is 0 Å². The molecule has 23 heavy (non-hydrogen) atoms. The quantitative estimate of drug-likeness (QED) is 0.686. The zero-order chi connectivity index (χ0) is 16.6. The highest BCUT2D eigenvalue weighted by molar-refractivity contribution is 5.88. The average Bonchev–Trinajstić information content (AvgIpc) is 2.89. The van der Waals surface area contributed by atoms with E-state index in [2.05, 4.69) is 26.8 Å². The number of aryl methyl sites for hydroxylation is 2. The topological polar surface area (TPSA) is 91.5 Å². The standard InChI is InChI=1S/C16H17N5O2/c1-9-4-10(2)6-11(5-9)19-14-7-12(17-3)15-18-8-13(16(22)23)21(15)20-14/h4-8,17H,1-3H3,(H,19,20)(H,22,23). The molecule has 0 aliphatic carbocycles. The SMILES string of the molecule is CNc1cc(Nc2cc(C)cc(C)c2)nn2c(C(=O)O)cnc12. The van der Waals surface area contributed by atoms with E-state index in [0.717, 1.165) is 16.8 Å². The number of nitrogens with zero attached hydrogens (tertiary/aromatic N) is 3. The van der Waals surface area contributed by atoms with E-state index in [1.807, 2.05) is 26.0 Å². The van der Waals surface area contributed by atoms with Crippen LogP contribution in [0.25, 0.3) is 5.65 Å². The van der Waals surface area contributed by atoms with Crippen molar-refractivity contribution >= 4 is 28.8 Å². The molecule has 0 bridgehead atoms. The van der Waals surface area contributed by atoms with Crippen LogP contribution in [0.4, 0.5) is 17.2 Å². The first kappa shape index (κ1) is 14.8. The van der Waals surface area contributed by atoms with Crippen molar-refractivity contribution in [1.82, 2.24) is 14.6 Å². The van der Waals surface area contributed by atoms with Crippen molar-refractivity contribution in [2.45, 2.75) is 13.8 Å². The second-order valence-electron chi connectivity index (χ2n) is 5.38. The molecule has 0 atom stereocenters. The number of aromatic nitrogens is 3. The van der Waals surface area contributed by atoms with Gasteiger partial charge in [-0.05, 0) is 37.1 Å². The fourth-order valence-electron chi connectivity index (χ4n) is 2.55. The molecule has 0 spiro atoms. The maximum Gasteiger partial charge on any atom is 0.356 e. The van der Waals surface area contributed by atoms with Gasteiger partial charge >= 0.3 is 5.97 Å². The summed E-state index contributed by atoms with van der Waals surface area (Å²) < 4.78 is 1.32. The second kappa shape index (κ2) is 5.60. The summed E-state index contributed by atoms with van der Waals surface area (Å²) in [5.74, 6) is -0.539. The number of benzene rings is 1. The summed E-state index contributed by atoms with van der Waals surface area (Å²) in [5.41, 5.74) is 4.34. The molecule has 2 heterocycles. The number of carbonyl (C=O) groups is 1. The highest BCUT2D eigenvalue weighted by Gasteiger charge is 2.15. The first-order valence-electron chi connectivity index (χ1n) is 7.13. The van der Waals surface area contributed by atoms with Gasteiger partial charge in [0.2, 0.25) is 0 Å². The van der Waals surface area contributed by atoms with Crippen LogP contribution in [-0.2, 0) is 0 Å². The molecule has 0 radical (unpaired) electrons. The lowest BCUT2D eigenvalue weighted by molar-refractivity contribution is 0.0688. The Morgan fingerprint density at radius 3 is 2.48 bits per heavy atom. The highest BCUT2D eigenvalue weighted by atomic mass is 16.4. The zero-order valence-corrected chi connectivity index (χ0v) is 13.1. The molecule has 0 fully saturated rings. The Morgan fingerprint density at radius 2 is 1.87 bits per heavy atom. The van der Waals surface area contributed by atoms with Gasteiger partial charge in [0.1, 0.15) is 0 Å². The molecule has 2 aromatic heterocycles. The fourth-order valence-corrected chi connectivity index (χ4v) is 2.55. The van der Waals surface area contributed by atoms with E-state index >= 15 is 0 Å². The summed E-state index contributed by atoms with van der Waals surface area (Å²) in [6.45, 7) is 4.04. The van der Waals surface area contributed by atoms with Gasteiger partial charge in [0, 0.05) is 18.8 Å². The van der Waals surface area contributed by atoms with Gasteiger partial charge in [-0.2, -0.15) is 0 Å². The fraction of sp³-hybridized carbons (Fsp3) is 0.188. The van der Waals surface area contributed by atoms with Crippen LogP contribution >= 0.6 is 0 Å². The Balaban J connectivity index is 2.10. The number of rotatable bonds is 4. The van der Waals surface area contributed by atoms with Crippen molar-refractivity contribution in [3.63, 3.8) is 0 Å². The van der Waals surface area contributed by atoms with Crippen molar-refractivity contribution < 1.29 is 9.90 Å². The minimum atomic E-state index is -1.07. The minimum absolute atomic E-state index is 0.0144. The van der Waals surface area contributed by atoms with Crippen molar-refractivity contribution in [3.05, 3.63) is 47.3 Å². The lowest BCUT2D eigenvalue weighted by Gasteiger charge is -2.11. The summed E-state index contributed by atoms with van der Waals surface area (Å²) in [5, 5.41) is 19.8. The molecule has 118 valence electrons. The predicted octanol–water partition coefficient (Wildman–Crippen LogP) is 2.83. The number of nitrogens with one attached hydrogen (secondary N) is 2. The van der Waals surface area contributed by atoms with E-state index in [0.29, 0.717) is 17.2 Å². The Kier molecular flexibility index (Phi) is 3.61. The molecule has 0 aliphatic rings. The first-order chi connectivity index (χ1) is 11.0.